The molecule has 0 N–H and O–H groups in total. The van der Waals surface area contributed by atoms with E-state index in [2.05, 4.69) is 4.98 Å². The van der Waals surface area contributed by atoms with Crippen LogP contribution in [-0.4, -0.2) is 40.3 Å². The number of benzene rings is 1. The number of carbonyl (C=O) groups excluding carboxylic acids is 2. The predicted molar refractivity (Wildman–Crippen MR) is 98.8 cm³/mol. The number of hydrogen-bond donors (Lipinski definition) is 0. The number of rotatable bonds is 6. The fourth-order valence-electron chi connectivity index (χ4n) is 3.64. The van der Waals surface area contributed by atoms with Gasteiger partial charge in [0, 0.05) is 19.5 Å². The van der Waals surface area contributed by atoms with Gasteiger partial charge in [0.05, 0.1) is 20.1 Å². The summed E-state index contributed by atoms with van der Waals surface area (Å²) in [6, 6.07) is 5.46. The number of aryl methyl sites for hydroxylation is 1. The minimum absolute atomic E-state index is 0.0675. The molecule has 0 spiro atoms. The van der Waals surface area contributed by atoms with Crippen molar-refractivity contribution in [2.45, 2.75) is 25.2 Å². The number of ketones is 2. The highest BCUT2D eigenvalue weighted by Crippen LogP contribution is 2.38. The minimum atomic E-state index is -0.891. The maximum atomic E-state index is 12.8. The molecule has 1 aliphatic rings. The van der Waals surface area contributed by atoms with Gasteiger partial charge in [-0.15, -0.1) is 0 Å². The number of ether oxygens (including phenoxy) is 2. The molecule has 0 bridgehead atoms. The largest absolute Gasteiger partial charge is 0.497 e. The lowest BCUT2D eigenvalue weighted by Gasteiger charge is -2.27. The molecule has 0 saturated heterocycles. The van der Waals surface area contributed by atoms with Crippen LogP contribution in [0.1, 0.15) is 41.2 Å². The summed E-state index contributed by atoms with van der Waals surface area (Å²) in [5.74, 6) is -0.979. The molecule has 28 heavy (non-hydrogen) atoms. The smallest absolute Gasteiger partial charge is 0.392 e. The fourth-order valence-corrected chi connectivity index (χ4v) is 3.64. The molecule has 1 aromatic heterocycles. The van der Waals surface area contributed by atoms with Gasteiger partial charge in [0.15, 0.2) is 11.5 Å². The third-order valence-corrected chi connectivity index (χ3v) is 5.13. The molecule has 148 valence electrons. The predicted octanol–water partition coefficient (Wildman–Crippen LogP) is 2.68. The molecule has 3 rings (SSSR count). The van der Waals surface area contributed by atoms with Crippen molar-refractivity contribution < 1.29 is 24.0 Å². The van der Waals surface area contributed by atoms with Crippen molar-refractivity contribution in [2.24, 2.45) is 13.0 Å². The molecule has 1 fully saturated rings. The van der Waals surface area contributed by atoms with Crippen LogP contribution in [0.15, 0.2) is 24.5 Å². The Balaban J connectivity index is 1.81. The van der Waals surface area contributed by atoms with Crippen LogP contribution >= 0.6 is 0 Å². The average molecular weight is 387 g/mol. The minimum Gasteiger partial charge on any atom is -0.497 e. The van der Waals surface area contributed by atoms with Gasteiger partial charge in [0.2, 0.25) is 6.33 Å². The van der Waals surface area contributed by atoms with Crippen molar-refractivity contribution in [3.63, 3.8) is 0 Å². The summed E-state index contributed by atoms with van der Waals surface area (Å²) in [7, 11) is 4.62. The number of nitro groups is 1. The molecule has 2 atom stereocenters. The number of imidazole rings is 1. The first kappa shape index (κ1) is 19.5. The van der Waals surface area contributed by atoms with Crippen molar-refractivity contribution in [2.75, 3.05) is 14.2 Å². The molecular weight excluding hydrogens is 366 g/mol. The van der Waals surface area contributed by atoms with E-state index < -0.39 is 22.4 Å². The molecule has 1 saturated carbocycles. The van der Waals surface area contributed by atoms with Gasteiger partial charge in [-0.1, -0.05) is 0 Å². The molecular formula is C19H21N3O6. The Labute approximate surface area is 161 Å². The first-order valence-electron chi connectivity index (χ1n) is 8.81. The monoisotopic (exact) mass is 387 g/mol. The number of nitrogens with zero attached hydrogens (tertiary/aromatic N) is 3. The van der Waals surface area contributed by atoms with Gasteiger partial charge in [-0.05, 0) is 46.4 Å². The number of methoxy groups -OCH3 is 2. The van der Waals surface area contributed by atoms with E-state index in [-0.39, 0.29) is 23.8 Å². The summed E-state index contributed by atoms with van der Waals surface area (Å²) in [6.45, 7) is 0. The number of hydrogen-bond acceptors (Lipinski definition) is 7. The third kappa shape index (κ3) is 3.60. The van der Waals surface area contributed by atoms with Crippen LogP contribution < -0.4 is 9.47 Å². The summed E-state index contributed by atoms with van der Waals surface area (Å²) >= 11 is 0. The molecule has 9 nitrogen and oxygen atoms in total. The molecule has 9 heteroatoms. The van der Waals surface area contributed by atoms with E-state index in [0.29, 0.717) is 24.3 Å². The molecule has 1 heterocycles. The van der Waals surface area contributed by atoms with E-state index in [4.69, 9.17) is 9.47 Å². The Bertz CT molecular complexity index is 913. The van der Waals surface area contributed by atoms with Gasteiger partial charge in [0.1, 0.15) is 17.3 Å². The van der Waals surface area contributed by atoms with Crippen LogP contribution in [0.4, 0.5) is 5.82 Å². The van der Waals surface area contributed by atoms with Crippen LogP contribution in [0.25, 0.3) is 0 Å². The molecule has 1 aromatic carbocycles. The fraction of sp³-hybridized carbons (Fsp3) is 0.421. The van der Waals surface area contributed by atoms with E-state index in [1.807, 2.05) is 12.1 Å². The summed E-state index contributed by atoms with van der Waals surface area (Å²) in [4.78, 5) is 39.7. The molecule has 0 radical (unpaired) electrons. The van der Waals surface area contributed by atoms with E-state index in [0.717, 1.165) is 5.56 Å². The molecule has 2 unspecified atom stereocenters. The number of aromatic nitrogens is 2. The summed E-state index contributed by atoms with van der Waals surface area (Å²) < 4.78 is 11.9. The van der Waals surface area contributed by atoms with Gasteiger partial charge >= 0.3 is 5.82 Å². The Morgan fingerprint density at radius 3 is 2.39 bits per heavy atom. The maximum absolute atomic E-state index is 12.8. The van der Waals surface area contributed by atoms with Crippen LogP contribution in [-0.2, 0) is 11.8 Å². The van der Waals surface area contributed by atoms with Crippen LogP contribution in [0.2, 0.25) is 0 Å². The van der Waals surface area contributed by atoms with E-state index in [1.165, 1.54) is 17.9 Å². The lowest BCUT2D eigenvalue weighted by molar-refractivity contribution is -0.389. The molecule has 2 aromatic rings. The second-order valence-corrected chi connectivity index (χ2v) is 6.79. The quantitative estimate of drug-likeness (QED) is 0.324. The topological polar surface area (TPSA) is 114 Å². The van der Waals surface area contributed by atoms with Crippen molar-refractivity contribution in [3.05, 3.63) is 45.9 Å². The molecule has 0 amide bonds. The summed E-state index contributed by atoms with van der Waals surface area (Å²) in [5.41, 5.74) is 0.770. The first-order chi connectivity index (χ1) is 13.3. The van der Waals surface area contributed by atoms with Gasteiger partial charge in [0.25, 0.3) is 0 Å². The SMILES string of the molecule is COc1cc(OC)cc(C2CCC(C(=O)c3c([N+](=O)[O-])ncn3C)C(=O)C2)c1. The maximum Gasteiger partial charge on any atom is 0.392 e. The van der Waals surface area contributed by atoms with E-state index in [9.17, 15) is 19.7 Å². The second-order valence-electron chi connectivity index (χ2n) is 6.79. The highest BCUT2D eigenvalue weighted by molar-refractivity contribution is 6.11. The lowest BCUT2D eigenvalue weighted by Crippen LogP contribution is -2.31. The standard InChI is InChI=1S/C19H21N3O6/c1-21-10-20-19(22(25)26)17(21)18(24)15-5-4-11(8-16(15)23)12-6-13(27-2)9-14(7-12)28-3/h6-7,9-11,15H,4-5,8H2,1-3H3. The first-order valence-corrected chi connectivity index (χ1v) is 8.81. The summed E-state index contributed by atoms with van der Waals surface area (Å²) in [5, 5.41) is 11.1. The zero-order valence-corrected chi connectivity index (χ0v) is 15.9. The van der Waals surface area contributed by atoms with E-state index in [1.54, 1.807) is 20.3 Å². The zero-order chi connectivity index (χ0) is 20.4. The average Bonchev–Trinajstić information content (AvgIpc) is 3.08. The number of carbonyl (C=O) groups is 2. The normalized spacial score (nSPS) is 19.3. The van der Waals surface area contributed by atoms with Crippen LogP contribution in [0, 0.1) is 16.0 Å². The molecule has 0 aliphatic heterocycles. The summed E-state index contributed by atoms with van der Waals surface area (Å²) in [6.07, 6.45) is 2.32. The highest BCUT2D eigenvalue weighted by Gasteiger charge is 2.39. The Hall–Kier alpha value is -3.23. The lowest BCUT2D eigenvalue weighted by atomic mass is 9.75. The second kappa shape index (κ2) is 7.79. The van der Waals surface area contributed by atoms with Crippen LogP contribution in [0.5, 0.6) is 11.5 Å². The van der Waals surface area contributed by atoms with Gasteiger partial charge in [-0.25, -0.2) is 0 Å². The van der Waals surface area contributed by atoms with Crippen molar-refractivity contribution in [1.82, 2.24) is 9.55 Å². The van der Waals surface area contributed by atoms with Gasteiger partial charge < -0.3 is 24.2 Å². The van der Waals surface area contributed by atoms with E-state index >= 15 is 0 Å². The van der Waals surface area contributed by atoms with Crippen molar-refractivity contribution in [1.29, 1.82) is 0 Å². The highest BCUT2D eigenvalue weighted by atomic mass is 16.6. The Morgan fingerprint density at radius 1 is 1.21 bits per heavy atom. The number of Topliss-reactive ketones (excluding diaryl/α,β-unsaturated/α-hetero) is 2. The van der Waals surface area contributed by atoms with Gasteiger partial charge in [-0.2, -0.15) is 0 Å². The zero-order valence-electron chi connectivity index (χ0n) is 15.9. The third-order valence-electron chi connectivity index (χ3n) is 5.13. The van der Waals surface area contributed by atoms with Gasteiger partial charge in [-0.3, -0.25) is 9.59 Å². The van der Waals surface area contributed by atoms with Crippen LogP contribution in [0.3, 0.4) is 0 Å². The van der Waals surface area contributed by atoms with Crippen molar-refractivity contribution in [3.8, 4) is 11.5 Å². The molecule has 1 aliphatic carbocycles. The Morgan fingerprint density at radius 2 is 1.86 bits per heavy atom. The Kier molecular flexibility index (Phi) is 5.43. The van der Waals surface area contributed by atoms with Crippen molar-refractivity contribution >= 4 is 17.4 Å².